The molecule has 0 spiro atoms. The molecule has 112 valence electrons. The van der Waals surface area contributed by atoms with Crippen LogP contribution < -0.4 is 15.4 Å². The third-order valence-corrected chi connectivity index (χ3v) is 3.13. The Bertz CT molecular complexity index is 496. The number of benzene rings is 2. The summed E-state index contributed by atoms with van der Waals surface area (Å²) in [6.45, 7) is 5.63. The van der Waals surface area contributed by atoms with Gasteiger partial charge in [-0.05, 0) is 36.2 Å². The van der Waals surface area contributed by atoms with Crippen LogP contribution in [-0.2, 0) is 6.54 Å². The average molecular weight is 284 g/mol. The molecule has 0 heterocycles. The van der Waals surface area contributed by atoms with Gasteiger partial charge >= 0.3 is 0 Å². The van der Waals surface area contributed by atoms with Crippen LogP contribution in [-0.4, -0.2) is 19.7 Å². The van der Waals surface area contributed by atoms with E-state index in [9.17, 15) is 0 Å². The molecule has 0 unspecified atom stereocenters. The maximum atomic E-state index is 5.56. The first-order valence-electron chi connectivity index (χ1n) is 7.60. The SMILES string of the molecule is CCCOc1ccc(NCCNCc2ccccc2)cc1. The van der Waals surface area contributed by atoms with Gasteiger partial charge in [-0.25, -0.2) is 0 Å². The topological polar surface area (TPSA) is 33.3 Å². The van der Waals surface area contributed by atoms with Crippen molar-refractivity contribution < 1.29 is 4.74 Å². The molecule has 0 saturated heterocycles. The van der Waals surface area contributed by atoms with Crippen molar-refractivity contribution in [3.63, 3.8) is 0 Å². The Hall–Kier alpha value is -2.00. The zero-order chi connectivity index (χ0) is 14.8. The molecule has 2 aromatic rings. The van der Waals surface area contributed by atoms with Crippen LogP contribution in [0, 0.1) is 0 Å². The first kappa shape index (κ1) is 15.4. The fourth-order valence-electron chi connectivity index (χ4n) is 2.01. The molecule has 0 saturated carbocycles. The molecular formula is C18H24N2O. The largest absolute Gasteiger partial charge is 0.494 e. The summed E-state index contributed by atoms with van der Waals surface area (Å²) in [6.07, 6.45) is 1.03. The van der Waals surface area contributed by atoms with Crippen LogP contribution in [0.25, 0.3) is 0 Å². The quantitative estimate of drug-likeness (QED) is 0.689. The van der Waals surface area contributed by atoms with E-state index in [1.807, 2.05) is 18.2 Å². The van der Waals surface area contributed by atoms with E-state index in [2.05, 4.69) is 54.0 Å². The van der Waals surface area contributed by atoms with Gasteiger partial charge in [0.1, 0.15) is 5.75 Å². The predicted molar refractivity (Wildman–Crippen MR) is 88.9 cm³/mol. The lowest BCUT2D eigenvalue weighted by Crippen LogP contribution is -2.21. The van der Waals surface area contributed by atoms with Gasteiger partial charge in [-0.1, -0.05) is 37.3 Å². The van der Waals surface area contributed by atoms with Crippen molar-refractivity contribution in [3.8, 4) is 5.75 Å². The molecular weight excluding hydrogens is 260 g/mol. The lowest BCUT2D eigenvalue weighted by molar-refractivity contribution is 0.317. The van der Waals surface area contributed by atoms with Crippen molar-refractivity contribution in [2.75, 3.05) is 25.0 Å². The molecule has 0 aliphatic rings. The average Bonchev–Trinajstić information content (AvgIpc) is 2.55. The third kappa shape index (κ3) is 5.88. The van der Waals surface area contributed by atoms with Crippen molar-refractivity contribution in [2.45, 2.75) is 19.9 Å². The highest BCUT2D eigenvalue weighted by Crippen LogP contribution is 2.15. The van der Waals surface area contributed by atoms with Gasteiger partial charge in [0.15, 0.2) is 0 Å². The summed E-state index contributed by atoms with van der Waals surface area (Å²) < 4.78 is 5.56. The lowest BCUT2D eigenvalue weighted by Gasteiger charge is -2.09. The molecule has 0 atom stereocenters. The second kappa shape index (κ2) is 9.03. The fourth-order valence-corrected chi connectivity index (χ4v) is 2.01. The second-order valence-electron chi connectivity index (χ2n) is 4.96. The Morgan fingerprint density at radius 1 is 0.905 bits per heavy atom. The summed E-state index contributed by atoms with van der Waals surface area (Å²) >= 11 is 0. The van der Waals surface area contributed by atoms with E-state index in [0.717, 1.165) is 44.1 Å². The maximum Gasteiger partial charge on any atom is 0.119 e. The lowest BCUT2D eigenvalue weighted by atomic mass is 10.2. The highest BCUT2D eigenvalue weighted by atomic mass is 16.5. The summed E-state index contributed by atoms with van der Waals surface area (Å²) in [7, 11) is 0. The first-order valence-corrected chi connectivity index (χ1v) is 7.60. The minimum atomic E-state index is 0.774. The highest BCUT2D eigenvalue weighted by molar-refractivity contribution is 5.46. The number of nitrogens with one attached hydrogen (secondary N) is 2. The molecule has 2 N–H and O–H groups in total. The standard InChI is InChI=1S/C18H24N2O/c1-2-14-21-18-10-8-17(9-11-18)20-13-12-19-15-16-6-4-3-5-7-16/h3-11,19-20H,2,12-15H2,1H3. The molecule has 2 aromatic carbocycles. The molecule has 3 heteroatoms. The zero-order valence-electron chi connectivity index (χ0n) is 12.6. The Morgan fingerprint density at radius 3 is 2.38 bits per heavy atom. The van der Waals surface area contributed by atoms with Crippen molar-refractivity contribution in [2.24, 2.45) is 0 Å². The summed E-state index contributed by atoms with van der Waals surface area (Å²) in [5, 5.41) is 6.82. The fraction of sp³-hybridized carbons (Fsp3) is 0.333. The Labute approximate surface area is 127 Å². The molecule has 0 fully saturated rings. The van der Waals surface area contributed by atoms with Gasteiger partial charge in [0.25, 0.3) is 0 Å². The molecule has 0 amide bonds. The van der Waals surface area contributed by atoms with Gasteiger partial charge in [0.05, 0.1) is 6.61 Å². The van der Waals surface area contributed by atoms with E-state index in [0.29, 0.717) is 0 Å². The summed E-state index contributed by atoms with van der Waals surface area (Å²) in [6, 6.07) is 18.6. The van der Waals surface area contributed by atoms with Gasteiger partial charge in [0.2, 0.25) is 0 Å². The predicted octanol–water partition coefficient (Wildman–Crippen LogP) is 3.68. The Balaban J connectivity index is 1.62. The van der Waals surface area contributed by atoms with E-state index < -0.39 is 0 Å². The number of anilines is 1. The zero-order valence-corrected chi connectivity index (χ0v) is 12.6. The number of hydrogen-bond donors (Lipinski definition) is 2. The van der Waals surface area contributed by atoms with Crippen molar-refractivity contribution in [3.05, 3.63) is 60.2 Å². The molecule has 21 heavy (non-hydrogen) atoms. The van der Waals surface area contributed by atoms with Crippen LogP contribution in [0.3, 0.4) is 0 Å². The van der Waals surface area contributed by atoms with Crippen LogP contribution >= 0.6 is 0 Å². The monoisotopic (exact) mass is 284 g/mol. The summed E-state index contributed by atoms with van der Waals surface area (Å²) in [5.41, 5.74) is 2.44. The number of ether oxygens (including phenoxy) is 1. The van der Waals surface area contributed by atoms with Gasteiger partial charge in [0, 0.05) is 25.3 Å². The third-order valence-electron chi connectivity index (χ3n) is 3.13. The van der Waals surface area contributed by atoms with Gasteiger partial charge in [-0.2, -0.15) is 0 Å². The van der Waals surface area contributed by atoms with Crippen LogP contribution in [0.5, 0.6) is 5.75 Å². The van der Waals surface area contributed by atoms with Gasteiger partial charge in [-0.3, -0.25) is 0 Å². The van der Waals surface area contributed by atoms with Gasteiger partial charge < -0.3 is 15.4 Å². The van der Waals surface area contributed by atoms with Crippen LogP contribution in [0.4, 0.5) is 5.69 Å². The van der Waals surface area contributed by atoms with Crippen molar-refractivity contribution in [1.29, 1.82) is 0 Å². The maximum absolute atomic E-state index is 5.56. The minimum Gasteiger partial charge on any atom is -0.494 e. The molecule has 0 aliphatic heterocycles. The molecule has 2 rings (SSSR count). The van der Waals surface area contributed by atoms with E-state index in [4.69, 9.17) is 4.74 Å². The van der Waals surface area contributed by atoms with Crippen LogP contribution in [0.1, 0.15) is 18.9 Å². The smallest absolute Gasteiger partial charge is 0.119 e. The minimum absolute atomic E-state index is 0.774. The normalized spacial score (nSPS) is 10.3. The Kier molecular flexibility index (Phi) is 6.62. The van der Waals surface area contributed by atoms with Crippen LogP contribution in [0.2, 0.25) is 0 Å². The van der Waals surface area contributed by atoms with Crippen molar-refractivity contribution in [1.82, 2.24) is 5.32 Å². The highest BCUT2D eigenvalue weighted by Gasteiger charge is 1.95. The van der Waals surface area contributed by atoms with E-state index in [1.165, 1.54) is 5.56 Å². The first-order chi connectivity index (χ1) is 10.4. The van der Waals surface area contributed by atoms with Crippen molar-refractivity contribution >= 4 is 5.69 Å². The number of rotatable bonds is 9. The Morgan fingerprint density at radius 2 is 1.67 bits per heavy atom. The molecule has 0 bridgehead atoms. The number of hydrogen-bond acceptors (Lipinski definition) is 3. The molecule has 3 nitrogen and oxygen atoms in total. The molecule has 0 radical (unpaired) electrons. The van der Waals surface area contributed by atoms with E-state index >= 15 is 0 Å². The molecule has 0 aliphatic carbocycles. The van der Waals surface area contributed by atoms with Gasteiger partial charge in [-0.15, -0.1) is 0 Å². The van der Waals surface area contributed by atoms with E-state index in [1.54, 1.807) is 0 Å². The van der Waals surface area contributed by atoms with E-state index in [-0.39, 0.29) is 0 Å². The summed E-state index contributed by atoms with van der Waals surface area (Å²) in [4.78, 5) is 0. The van der Waals surface area contributed by atoms with Crippen LogP contribution in [0.15, 0.2) is 54.6 Å². The molecule has 0 aromatic heterocycles. The summed E-state index contributed by atoms with van der Waals surface area (Å²) in [5.74, 6) is 0.935. The second-order valence-corrected chi connectivity index (χ2v) is 4.96.